The van der Waals surface area contributed by atoms with Gasteiger partial charge in [-0.2, -0.15) is 0 Å². The third-order valence-corrected chi connectivity index (χ3v) is 8.83. The van der Waals surface area contributed by atoms with Gasteiger partial charge in [-0.1, -0.05) is 20.8 Å². The van der Waals surface area contributed by atoms with Crippen molar-refractivity contribution in [2.45, 2.75) is 70.7 Å². The van der Waals surface area contributed by atoms with Gasteiger partial charge in [-0.15, -0.1) is 0 Å². The van der Waals surface area contributed by atoms with E-state index in [1.54, 1.807) is 0 Å². The molecule has 0 N–H and O–H groups in total. The van der Waals surface area contributed by atoms with Crippen LogP contribution in [0.25, 0.3) is 0 Å². The maximum Gasteiger partial charge on any atom is 0.192 e. The number of carboxylic acid groups (broad SMARTS) is 1. The second kappa shape index (κ2) is 5.75. The molecular weight excluding hydrogens is 260 g/mol. The van der Waals surface area contributed by atoms with E-state index in [0.29, 0.717) is 19.3 Å². The van der Waals surface area contributed by atoms with Crippen LogP contribution >= 0.6 is 0 Å². The first-order valence-corrected chi connectivity index (χ1v) is 9.81. The summed E-state index contributed by atoms with van der Waals surface area (Å²) in [4.78, 5) is 22.4. The minimum absolute atomic E-state index is 0.0386. The standard InChI is InChI=1S/C14H26O4Si/c1-14(2,3)19(4,5)18-12-7-10(8-13(16)17)6-11(15)9-12/h10,12H,6-9H2,1-5H3,(H,16,17)/p-1/t10-,12+/m1/s1. The van der Waals surface area contributed by atoms with Crippen molar-refractivity contribution < 1.29 is 19.1 Å². The monoisotopic (exact) mass is 285 g/mol. The van der Waals surface area contributed by atoms with Crippen molar-refractivity contribution in [3.8, 4) is 0 Å². The number of carboxylic acids is 1. The number of aliphatic carboxylic acids is 1. The number of carbonyl (C=O) groups is 2. The number of hydrogen-bond donors (Lipinski definition) is 0. The summed E-state index contributed by atoms with van der Waals surface area (Å²) < 4.78 is 6.23. The summed E-state index contributed by atoms with van der Waals surface area (Å²) in [6, 6.07) is 0. The summed E-state index contributed by atoms with van der Waals surface area (Å²) >= 11 is 0. The van der Waals surface area contributed by atoms with Crippen molar-refractivity contribution in [2.75, 3.05) is 0 Å². The Morgan fingerprint density at radius 2 is 1.95 bits per heavy atom. The van der Waals surface area contributed by atoms with Crippen molar-refractivity contribution in [1.82, 2.24) is 0 Å². The molecule has 1 saturated carbocycles. The van der Waals surface area contributed by atoms with Gasteiger partial charge in [-0.25, -0.2) is 0 Å². The van der Waals surface area contributed by atoms with Crippen molar-refractivity contribution in [2.24, 2.45) is 5.92 Å². The molecule has 4 nitrogen and oxygen atoms in total. The summed E-state index contributed by atoms with van der Waals surface area (Å²) in [5, 5.41) is 10.8. The molecule has 0 aromatic heterocycles. The zero-order valence-electron chi connectivity index (χ0n) is 12.6. The lowest BCUT2D eigenvalue weighted by atomic mass is 9.84. The van der Waals surface area contributed by atoms with Crippen LogP contribution in [0.3, 0.4) is 0 Å². The Kier molecular flexibility index (Phi) is 4.95. The zero-order valence-corrected chi connectivity index (χ0v) is 13.6. The fourth-order valence-corrected chi connectivity index (χ4v) is 3.64. The number of Topliss-reactive ketones (excluding diaryl/α,β-unsaturated/α-hetero) is 1. The average Bonchev–Trinajstić information content (AvgIpc) is 2.11. The highest BCUT2D eigenvalue weighted by Crippen LogP contribution is 2.39. The van der Waals surface area contributed by atoms with Gasteiger partial charge in [0.05, 0.1) is 6.10 Å². The smallest absolute Gasteiger partial charge is 0.192 e. The van der Waals surface area contributed by atoms with Crippen molar-refractivity contribution in [1.29, 1.82) is 0 Å². The van der Waals surface area contributed by atoms with E-state index in [1.807, 2.05) is 0 Å². The molecular formula is C14H25O4Si-. The van der Waals surface area contributed by atoms with Crippen LogP contribution in [-0.2, 0) is 14.0 Å². The molecule has 110 valence electrons. The lowest BCUT2D eigenvalue weighted by Gasteiger charge is -2.41. The van der Waals surface area contributed by atoms with Gasteiger partial charge in [0, 0.05) is 18.8 Å². The highest BCUT2D eigenvalue weighted by molar-refractivity contribution is 6.74. The Hall–Kier alpha value is -0.683. The number of hydrogen-bond acceptors (Lipinski definition) is 4. The van der Waals surface area contributed by atoms with E-state index >= 15 is 0 Å². The first-order chi connectivity index (χ1) is 8.51. The molecule has 0 radical (unpaired) electrons. The number of ketones is 1. The summed E-state index contributed by atoms with van der Waals surface area (Å²) in [6.07, 6.45) is 1.28. The second-order valence-corrected chi connectivity index (χ2v) is 11.9. The van der Waals surface area contributed by atoms with E-state index in [-0.39, 0.29) is 29.3 Å². The molecule has 1 rings (SSSR count). The largest absolute Gasteiger partial charge is 0.550 e. The molecule has 5 heteroatoms. The molecule has 0 spiro atoms. The van der Waals surface area contributed by atoms with Gasteiger partial charge in [-0.05, 0) is 36.9 Å². The van der Waals surface area contributed by atoms with Gasteiger partial charge in [-0.3, -0.25) is 4.79 Å². The molecule has 0 amide bonds. The molecule has 19 heavy (non-hydrogen) atoms. The average molecular weight is 285 g/mol. The molecule has 1 aliphatic carbocycles. The van der Waals surface area contributed by atoms with Crippen molar-refractivity contribution in [3.63, 3.8) is 0 Å². The van der Waals surface area contributed by atoms with Crippen LogP contribution < -0.4 is 5.11 Å². The fraction of sp³-hybridized carbons (Fsp3) is 0.857. The second-order valence-electron chi connectivity index (χ2n) is 7.12. The van der Waals surface area contributed by atoms with Crippen LogP contribution in [0.4, 0.5) is 0 Å². The fourth-order valence-electron chi connectivity index (χ4n) is 2.27. The Balaban J connectivity index is 2.68. The van der Waals surface area contributed by atoms with E-state index < -0.39 is 14.3 Å². The van der Waals surface area contributed by atoms with E-state index in [1.165, 1.54) is 0 Å². The minimum Gasteiger partial charge on any atom is -0.550 e. The van der Waals surface area contributed by atoms with Gasteiger partial charge < -0.3 is 14.3 Å². The van der Waals surface area contributed by atoms with E-state index in [2.05, 4.69) is 33.9 Å². The number of rotatable bonds is 4. The molecule has 2 atom stereocenters. The molecule has 0 aliphatic heterocycles. The quantitative estimate of drug-likeness (QED) is 0.740. The third-order valence-electron chi connectivity index (χ3n) is 4.29. The molecule has 0 bridgehead atoms. The van der Waals surface area contributed by atoms with Gasteiger partial charge in [0.2, 0.25) is 0 Å². The topological polar surface area (TPSA) is 66.4 Å². The van der Waals surface area contributed by atoms with E-state index in [0.717, 1.165) is 0 Å². The molecule has 1 aliphatic rings. The van der Waals surface area contributed by atoms with Crippen LogP contribution in [0.1, 0.15) is 46.5 Å². The summed E-state index contributed by atoms with van der Waals surface area (Å²) in [6.45, 7) is 10.8. The molecule has 0 heterocycles. The van der Waals surface area contributed by atoms with Crippen LogP contribution in [-0.4, -0.2) is 26.2 Å². The summed E-state index contributed by atoms with van der Waals surface area (Å²) in [7, 11) is -1.91. The Morgan fingerprint density at radius 3 is 2.42 bits per heavy atom. The Morgan fingerprint density at radius 1 is 1.37 bits per heavy atom. The SMILES string of the molecule is CC(C)(C)[Si](C)(C)O[C@@H]1CC(=O)C[C@@H](CC(=O)[O-])C1. The maximum absolute atomic E-state index is 11.7. The molecule has 0 unspecified atom stereocenters. The predicted molar refractivity (Wildman–Crippen MR) is 74.0 cm³/mol. The van der Waals surface area contributed by atoms with Crippen LogP contribution in [0.2, 0.25) is 18.1 Å². The Labute approximate surface area is 116 Å². The van der Waals surface area contributed by atoms with Gasteiger partial charge in [0.1, 0.15) is 5.78 Å². The van der Waals surface area contributed by atoms with E-state index in [4.69, 9.17) is 4.43 Å². The lowest BCUT2D eigenvalue weighted by Crippen LogP contribution is -2.46. The first-order valence-electron chi connectivity index (χ1n) is 6.90. The highest BCUT2D eigenvalue weighted by atomic mass is 28.4. The minimum atomic E-state index is -1.91. The highest BCUT2D eigenvalue weighted by Gasteiger charge is 2.41. The predicted octanol–water partition coefficient (Wildman–Crippen LogP) is 1.89. The Bertz CT molecular complexity index is 355. The molecule has 1 fully saturated rings. The van der Waals surface area contributed by atoms with E-state index in [9.17, 15) is 14.7 Å². The molecule has 0 aromatic rings. The maximum atomic E-state index is 11.7. The van der Waals surface area contributed by atoms with Crippen molar-refractivity contribution in [3.05, 3.63) is 0 Å². The van der Waals surface area contributed by atoms with Crippen LogP contribution in [0.5, 0.6) is 0 Å². The van der Waals surface area contributed by atoms with Gasteiger partial charge >= 0.3 is 0 Å². The number of carbonyl (C=O) groups excluding carboxylic acids is 2. The molecule has 0 saturated heterocycles. The first kappa shape index (κ1) is 16.4. The van der Waals surface area contributed by atoms with Crippen LogP contribution in [0.15, 0.2) is 0 Å². The third kappa shape index (κ3) is 4.73. The zero-order chi connectivity index (χ0) is 14.8. The summed E-state index contributed by atoms with van der Waals surface area (Å²) in [5.41, 5.74) is 0. The van der Waals surface area contributed by atoms with Gasteiger partial charge in [0.15, 0.2) is 8.32 Å². The van der Waals surface area contributed by atoms with Gasteiger partial charge in [0.25, 0.3) is 0 Å². The summed E-state index contributed by atoms with van der Waals surface area (Å²) in [5.74, 6) is -1.09. The normalized spacial score (nSPS) is 25.4. The molecule has 0 aromatic carbocycles. The van der Waals surface area contributed by atoms with Crippen molar-refractivity contribution >= 4 is 20.1 Å². The lowest BCUT2D eigenvalue weighted by molar-refractivity contribution is -0.306. The van der Waals surface area contributed by atoms with Crippen LogP contribution in [0, 0.1) is 5.92 Å².